The normalized spacial score (nSPS) is 11.9. The number of carbonyl (C=O) groups excluding carboxylic acids is 6. The van der Waals surface area contributed by atoms with E-state index in [1.807, 2.05) is 13.8 Å². The minimum Gasteiger partial charge on any atom is -0.493 e. The Hall–Kier alpha value is -4.36. The van der Waals surface area contributed by atoms with E-state index in [9.17, 15) is 28.8 Å². The summed E-state index contributed by atoms with van der Waals surface area (Å²) in [5.74, 6) is -3.78. The molecule has 59 heavy (non-hydrogen) atoms. The number of unbranched alkanes of at least 4 members (excludes halogenated alkanes) is 12. The fourth-order valence-electron chi connectivity index (χ4n) is 5.80. The molecule has 0 aliphatic rings. The Bertz CT molecular complexity index is 1370. The minimum atomic E-state index is -1.28. The van der Waals surface area contributed by atoms with E-state index in [4.69, 9.17) is 37.9 Å². The second-order valence-electron chi connectivity index (χ2n) is 15.1. The standard InChI is InChI=1S/C45H72O14/c1-8-11-14-17-20-23-39(46)54-31-37(57-41(48)24-21-18-15-12-9-2)38(58-42(49)25-22-19-16-13-10-3)32-55-40(47)26-27-43(50)59-44-35(52-6)28-34(29-36(44)53-7)45(51)56-30-33(4)5/h28-29,33,37-38H,8-27,30-32H2,1-7H3. The van der Waals surface area contributed by atoms with E-state index in [1.165, 1.54) is 26.4 Å². The van der Waals surface area contributed by atoms with Gasteiger partial charge in [-0.3, -0.25) is 24.0 Å². The number of methoxy groups -OCH3 is 2. The third-order valence-corrected chi connectivity index (χ3v) is 9.24. The molecule has 1 rings (SSSR count). The van der Waals surface area contributed by atoms with Crippen molar-refractivity contribution in [2.45, 2.75) is 175 Å². The summed E-state index contributed by atoms with van der Waals surface area (Å²) in [5.41, 5.74) is 0.127. The van der Waals surface area contributed by atoms with Gasteiger partial charge in [0.15, 0.2) is 23.7 Å². The van der Waals surface area contributed by atoms with Crippen molar-refractivity contribution < 1.29 is 66.7 Å². The number of esters is 6. The van der Waals surface area contributed by atoms with Crippen molar-refractivity contribution in [2.24, 2.45) is 5.92 Å². The maximum absolute atomic E-state index is 13.1. The van der Waals surface area contributed by atoms with Crippen LogP contribution in [0.15, 0.2) is 12.1 Å². The average molecular weight is 837 g/mol. The van der Waals surface area contributed by atoms with Gasteiger partial charge in [0.1, 0.15) is 13.2 Å². The molecule has 1 aromatic rings. The van der Waals surface area contributed by atoms with Crippen LogP contribution in [0.1, 0.15) is 173 Å². The van der Waals surface area contributed by atoms with E-state index in [-0.39, 0.29) is 54.6 Å². The fourth-order valence-corrected chi connectivity index (χ4v) is 5.80. The Morgan fingerprint density at radius 3 is 1.27 bits per heavy atom. The lowest BCUT2D eigenvalue weighted by atomic mass is 10.1. The summed E-state index contributed by atoms with van der Waals surface area (Å²) in [6.45, 7) is 9.39. The molecule has 0 N–H and O–H groups in total. The number of hydrogen-bond acceptors (Lipinski definition) is 14. The monoisotopic (exact) mass is 836 g/mol. The molecule has 0 amide bonds. The number of ether oxygens (including phenoxy) is 8. The van der Waals surface area contributed by atoms with E-state index >= 15 is 0 Å². The van der Waals surface area contributed by atoms with Gasteiger partial charge in [-0.25, -0.2) is 4.79 Å². The molecule has 0 aliphatic heterocycles. The summed E-state index contributed by atoms with van der Waals surface area (Å²) >= 11 is 0. The molecule has 2 unspecified atom stereocenters. The van der Waals surface area contributed by atoms with Crippen LogP contribution in [-0.2, 0) is 47.7 Å². The van der Waals surface area contributed by atoms with E-state index in [0.717, 1.165) is 77.0 Å². The molecular formula is C45H72O14. The first-order chi connectivity index (χ1) is 28.4. The lowest BCUT2D eigenvalue weighted by molar-refractivity contribution is -0.183. The summed E-state index contributed by atoms with van der Waals surface area (Å²) < 4.78 is 44.0. The van der Waals surface area contributed by atoms with Crippen LogP contribution in [0.5, 0.6) is 17.2 Å². The molecule has 14 nitrogen and oxygen atoms in total. The van der Waals surface area contributed by atoms with Crippen molar-refractivity contribution in [1.29, 1.82) is 0 Å². The zero-order chi connectivity index (χ0) is 43.8. The van der Waals surface area contributed by atoms with Gasteiger partial charge < -0.3 is 37.9 Å². The summed E-state index contributed by atoms with van der Waals surface area (Å²) in [7, 11) is 2.66. The van der Waals surface area contributed by atoms with Crippen LogP contribution in [-0.4, -0.2) is 82.1 Å². The predicted octanol–water partition coefficient (Wildman–Crippen LogP) is 9.19. The van der Waals surface area contributed by atoms with Gasteiger partial charge in [0.25, 0.3) is 0 Å². The highest BCUT2D eigenvalue weighted by Crippen LogP contribution is 2.39. The molecule has 1 aromatic carbocycles. The first kappa shape index (κ1) is 52.7. The van der Waals surface area contributed by atoms with E-state index in [1.54, 1.807) is 0 Å². The van der Waals surface area contributed by atoms with Gasteiger partial charge >= 0.3 is 35.8 Å². The van der Waals surface area contributed by atoms with Crippen LogP contribution >= 0.6 is 0 Å². The second-order valence-corrected chi connectivity index (χ2v) is 15.1. The summed E-state index contributed by atoms with van der Waals surface area (Å²) in [6, 6.07) is 2.71. The molecule has 0 saturated heterocycles. The van der Waals surface area contributed by atoms with Gasteiger partial charge in [-0.15, -0.1) is 0 Å². The van der Waals surface area contributed by atoms with E-state index < -0.39 is 74.1 Å². The van der Waals surface area contributed by atoms with Gasteiger partial charge in [-0.1, -0.05) is 112 Å². The highest BCUT2D eigenvalue weighted by molar-refractivity contribution is 5.91. The molecular weight excluding hydrogens is 764 g/mol. The molecule has 336 valence electrons. The van der Waals surface area contributed by atoms with Crippen LogP contribution < -0.4 is 14.2 Å². The Morgan fingerprint density at radius 2 is 0.864 bits per heavy atom. The van der Waals surface area contributed by atoms with Gasteiger partial charge in [-0.05, 0) is 37.3 Å². The van der Waals surface area contributed by atoms with E-state index in [2.05, 4.69) is 20.8 Å². The minimum absolute atomic E-state index is 0.0329. The highest BCUT2D eigenvalue weighted by Gasteiger charge is 2.32. The van der Waals surface area contributed by atoms with Crippen molar-refractivity contribution in [3.8, 4) is 17.2 Å². The molecule has 2 atom stereocenters. The van der Waals surface area contributed by atoms with Crippen molar-refractivity contribution in [2.75, 3.05) is 34.0 Å². The Balaban J connectivity index is 3.10. The van der Waals surface area contributed by atoms with Crippen LogP contribution in [0.2, 0.25) is 0 Å². The van der Waals surface area contributed by atoms with Crippen LogP contribution in [0.4, 0.5) is 0 Å². The van der Waals surface area contributed by atoms with Crippen molar-refractivity contribution in [3.63, 3.8) is 0 Å². The largest absolute Gasteiger partial charge is 0.493 e. The predicted molar refractivity (Wildman–Crippen MR) is 221 cm³/mol. The van der Waals surface area contributed by atoms with Gasteiger partial charge in [0, 0.05) is 19.3 Å². The van der Waals surface area contributed by atoms with Gasteiger partial charge in [0.2, 0.25) is 5.75 Å². The third kappa shape index (κ3) is 24.4. The lowest BCUT2D eigenvalue weighted by Gasteiger charge is -2.26. The maximum Gasteiger partial charge on any atom is 0.338 e. The quantitative estimate of drug-likeness (QED) is 0.0278. The smallest absolute Gasteiger partial charge is 0.338 e. The molecule has 0 saturated carbocycles. The summed E-state index contributed by atoms with van der Waals surface area (Å²) in [6.07, 6.45) is 10.7. The first-order valence-corrected chi connectivity index (χ1v) is 21.7. The Morgan fingerprint density at radius 1 is 0.475 bits per heavy atom. The number of rotatable bonds is 34. The average Bonchev–Trinajstić information content (AvgIpc) is 3.21. The first-order valence-electron chi connectivity index (χ1n) is 21.7. The molecule has 0 heterocycles. The van der Waals surface area contributed by atoms with Gasteiger partial charge in [0.05, 0.1) is 39.2 Å². The molecule has 0 spiro atoms. The number of hydrogen-bond donors (Lipinski definition) is 0. The lowest BCUT2D eigenvalue weighted by Crippen LogP contribution is -2.42. The molecule has 0 fully saturated rings. The van der Waals surface area contributed by atoms with Crippen LogP contribution in [0.25, 0.3) is 0 Å². The maximum atomic E-state index is 13.1. The topological polar surface area (TPSA) is 176 Å². The number of carbonyl (C=O) groups is 6. The zero-order valence-electron chi connectivity index (χ0n) is 36.9. The van der Waals surface area contributed by atoms with Crippen molar-refractivity contribution in [3.05, 3.63) is 17.7 Å². The molecule has 0 radical (unpaired) electrons. The van der Waals surface area contributed by atoms with Crippen molar-refractivity contribution in [1.82, 2.24) is 0 Å². The zero-order valence-corrected chi connectivity index (χ0v) is 36.9. The molecule has 0 bridgehead atoms. The van der Waals surface area contributed by atoms with E-state index in [0.29, 0.717) is 19.3 Å². The van der Waals surface area contributed by atoms with Crippen LogP contribution in [0, 0.1) is 5.92 Å². The van der Waals surface area contributed by atoms with Crippen LogP contribution in [0.3, 0.4) is 0 Å². The highest BCUT2D eigenvalue weighted by atomic mass is 16.6. The van der Waals surface area contributed by atoms with Gasteiger partial charge in [-0.2, -0.15) is 0 Å². The second kappa shape index (κ2) is 32.5. The van der Waals surface area contributed by atoms with Crippen molar-refractivity contribution >= 4 is 35.8 Å². The Labute approximate surface area is 352 Å². The summed E-state index contributed by atoms with van der Waals surface area (Å²) in [4.78, 5) is 77.3. The Kier molecular flexibility index (Phi) is 29.0. The number of benzene rings is 1. The third-order valence-electron chi connectivity index (χ3n) is 9.24. The molecule has 0 aromatic heterocycles. The fraction of sp³-hybridized carbons (Fsp3) is 0.733. The SMILES string of the molecule is CCCCCCCC(=O)OCC(OC(=O)CCCCCCC)C(COC(=O)CCC(=O)Oc1c(OC)cc(C(=O)OCC(C)C)cc1OC)OC(=O)CCCCCCC. The summed E-state index contributed by atoms with van der Waals surface area (Å²) in [5, 5.41) is 0. The molecule has 14 heteroatoms. The molecule has 0 aliphatic carbocycles.